The number of hydrogen-bond donors (Lipinski definition) is 1. The molecule has 1 heterocycles. The molecule has 0 aliphatic carbocycles. The van der Waals surface area contributed by atoms with Crippen molar-refractivity contribution in [1.29, 1.82) is 0 Å². The quantitative estimate of drug-likeness (QED) is 0.546. The van der Waals surface area contributed by atoms with Crippen LogP contribution in [0.15, 0.2) is 18.7 Å². The van der Waals surface area contributed by atoms with Gasteiger partial charge < -0.3 is 5.11 Å². The van der Waals surface area contributed by atoms with Gasteiger partial charge in [0.25, 0.3) is 0 Å². The van der Waals surface area contributed by atoms with Gasteiger partial charge in [0.15, 0.2) is 0 Å². The second-order valence-electron chi connectivity index (χ2n) is 1.43. The van der Waals surface area contributed by atoms with E-state index in [0.29, 0.717) is 0 Å². The fraction of sp³-hybridized carbons (Fsp3) is 0. The Morgan fingerprint density at radius 3 is 2.20 bits per heavy atom. The topological polar surface area (TPSA) is 63.1 Å². The van der Waals surface area contributed by atoms with Crippen LogP contribution in [-0.2, 0) is 0 Å². The summed E-state index contributed by atoms with van der Waals surface area (Å²) in [4.78, 5) is 17.1. The molecule has 0 saturated carbocycles. The van der Waals surface area contributed by atoms with Crippen LogP contribution in [0.25, 0.3) is 0 Å². The number of rotatable bonds is 1. The third-order valence-electron chi connectivity index (χ3n) is 0.808. The number of nitrogens with zero attached hydrogens (tertiary/aromatic N) is 2. The molecule has 0 saturated heterocycles. The van der Waals surface area contributed by atoms with Crippen molar-refractivity contribution in [3.8, 4) is 0 Å². The summed E-state index contributed by atoms with van der Waals surface area (Å²) in [6, 6.07) is 0. The van der Waals surface area contributed by atoms with Crippen molar-refractivity contribution in [2.75, 3.05) is 0 Å². The molecule has 0 bridgehead atoms. The number of hydrogen-bond acceptors (Lipinski definition) is 3. The van der Waals surface area contributed by atoms with Crippen molar-refractivity contribution < 1.29 is 9.90 Å². The van der Waals surface area contributed by atoms with Gasteiger partial charge in [-0.15, -0.1) is 0 Å². The molecule has 0 fully saturated rings. The summed E-state index contributed by atoms with van der Waals surface area (Å²) in [5.74, 6) is -1.00. The first-order valence-electron chi connectivity index (χ1n) is 2.29. The maximum atomic E-state index is 10.1. The molecule has 1 rings (SSSR count). The molecule has 5 heteroatoms. The molecule has 0 aliphatic heterocycles. The molecule has 0 amide bonds. The molecule has 1 aromatic rings. The Hall–Kier alpha value is -0.450. The predicted molar refractivity (Wildman–Crippen MR) is 36.1 cm³/mol. The third-order valence-corrected chi connectivity index (χ3v) is 0.808. The Bertz CT molecular complexity index is 214. The van der Waals surface area contributed by atoms with E-state index >= 15 is 0 Å². The zero-order chi connectivity index (χ0) is 6.69. The van der Waals surface area contributed by atoms with Gasteiger partial charge in [-0.05, 0) is 0 Å². The van der Waals surface area contributed by atoms with Crippen LogP contribution in [0.1, 0.15) is 10.4 Å². The Balaban J connectivity index is 0.000000810. The van der Waals surface area contributed by atoms with Gasteiger partial charge in [-0.25, -0.2) is 14.8 Å². The minimum atomic E-state index is -1.00. The summed E-state index contributed by atoms with van der Waals surface area (Å²) < 4.78 is 0. The summed E-state index contributed by atoms with van der Waals surface area (Å²) in [7, 11) is 0. The van der Waals surface area contributed by atoms with Crippen LogP contribution in [0, 0.1) is 0 Å². The zero-order valence-corrected chi connectivity index (χ0v) is 4.48. The SMILES string of the molecule is O=C(O)c1cncnc1.[NaH]. The van der Waals surface area contributed by atoms with Crippen LogP contribution >= 0.6 is 0 Å². The van der Waals surface area contributed by atoms with Crippen molar-refractivity contribution >= 4 is 35.5 Å². The van der Waals surface area contributed by atoms with Crippen molar-refractivity contribution in [1.82, 2.24) is 9.97 Å². The second kappa shape index (κ2) is 4.38. The standard InChI is InChI=1S/C5H4N2O2.Na.H/c8-5(9)4-1-6-3-7-2-4;;/h1-3H,(H,8,9);;. The zero-order valence-electron chi connectivity index (χ0n) is 4.48. The van der Waals surface area contributed by atoms with Crippen molar-refractivity contribution in [2.24, 2.45) is 0 Å². The summed E-state index contributed by atoms with van der Waals surface area (Å²) in [6.07, 6.45) is 3.77. The Kier molecular flexibility index (Phi) is 4.18. The number of carboxylic acids is 1. The molecular formula is C5H5N2NaO2. The molecular weight excluding hydrogens is 143 g/mol. The van der Waals surface area contributed by atoms with Crippen LogP contribution < -0.4 is 0 Å². The van der Waals surface area contributed by atoms with Gasteiger partial charge in [0, 0.05) is 12.4 Å². The first kappa shape index (κ1) is 9.55. The molecule has 0 atom stereocenters. The predicted octanol–water partition coefficient (Wildman–Crippen LogP) is -0.474. The molecule has 0 radical (unpaired) electrons. The third kappa shape index (κ3) is 2.43. The van der Waals surface area contributed by atoms with Crippen LogP contribution in [-0.4, -0.2) is 50.6 Å². The molecule has 0 unspecified atom stereocenters. The minimum absolute atomic E-state index is 0. The molecule has 48 valence electrons. The average Bonchev–Trinajstić information content (AvgIpc) is 1.90. The first-order chi connectivity index (χ1) is 4.30. The van der Waals surface area contributed by atoms with Gasteiger partial charge in [0.1, 0.15) is 6.33 Å². The van der Waals surface area contributed by atoms with E-state index in [0.717, 1.165) is 0 Å². The summed E-state index contributed by atoms with van der Waals surface area (Å²) >= 11 is 0. The molecule has 0 spiro atoms. The molecule has 1 aromatic heterocycles. The molecule has 1 N–H and O–H groups in total. The molecule has 4 nitrogen and oxygen atoms in total. The Labute approximate surface area is 79.6 Å². The summed E-state index contributed by atoms with van der Waals surface area (Å²) in [6.45, 7) is 0. The average molecular weight is 148 g/mol. The van der Waals surface area contributed by atoms with E-state index in [-0.39, 0.29) is 35.1 Å². The molecule has 10 heavy (non-hydrogen) atoms. The van der Waals surface area contributed by atoms with Crippen LogP contribution in [0.3, 0.4) is 0 Å². The number of aromatic nitrogens is 2. The van der Waals surface area contributed by atoms with E-state index in [1.54, 1.807) is 0 Å². The molecule has 0 aromatic carbocycles. The Morgan fingerprint density at radius 2 is 1.90 bits per heavy atom. The fourth-order valence-corrected chi connectivity index (χ4v) is 0.410. The number of carboxylic acid groups (broad SMARTS) is 1. The van der Waals surface area contributed by atoms with Crippen molar-refractivity contribution in [3.63, 3.8) is 0 Å². The van der Waals surface area contributed by atoms with E-state index in [2.05, 4.69) is 9.97 Å². The Morgan fingerprint density at radius 1 is 1.40 bits per heavy atom. The second-order valence-corrected chi connectivity index (χ2v) is 1.43. The maximum absolute atomic E-state index is 10.1. The van der Waals surface area contributed by atoms with Crippen molar-refractivity contribution in [3.05, 3.63) is 24.3 Å². The van der Waals surface area contributed by atoms with Gasteiger partial charge in [0.2, 0.25) is 0 Å². The summed E-state index contributed by atoms with van der Waals surface area (Å²) in [5, 5.41) is 8.30. The van der Waals surface area contributed by atoms with Crippen molar-refractivity contribution in [2.45, 2.75) is 0 Å². The van der Waals surface area contributed by atoms with Crippen LogP contribution in [0.4, 0.5) is 0 Å². The molecule has 0 aliphatic rings. The van der Waals surface area contributed by atoms with Gasteiger partial charge in [-0.1, -0.05) is 0 Å². The number of aromatic carboxylic acids is 1. The van der Waals surface area contributed by atoms with E-state index in [1.165, 1.54) is 18.7 Å². The van der Waals surface area contributed by atoms with Gasteiger partial charge in [-0.3, -0.25) is 0 Å². The summed E-state index contributed by atoms with van der Waals surface area (Å²) in [5.41, 5.74) is 0.109. The normalized spacial score (nSPS) is 8.00. The van der Waals surface area contributed by atoms with E-state index < -0.39 is 5.97 Å². The van der Waals surface area contributed by atoms with E-state index in [1.807, 2.05) is 0 Å². The van der Waals surface area contributed by atoms with Gasteiger partial charge in [-0.2, -0.15) is 0 Å². The van der Waals surface area contributed by atoms with Crippen LogP contribution in [0.5, 0.6) is 0 Å². The number of carbonyl (C=O) groups is 1. The van der Waals surface area contributed by atoms with E-state index in [4.69, 9.17) is 5.11 Å². The first-order valence-corrected chi connectivity index (χ1v) is 2.29. The monoisotopic (exact) mass is 148 g/mol. The van der Waals surface area contributed by atoms with Gasteiger partial charge in [0.05, 0.1) is 5.56 Å². The van der Waals surface area contributed by atoms with Crippen LogP contribution in [0.2, 0.25) is 0 Å². The van der Waals surface area contributed by atoms with Gasteiger partial charge >= 0.3 is 35.5 Å². The fourth-order valence-electron chi connectivity index (χ4n) is 0.410. The van der Waals surface area contributed by atoms with E-state index in [9.17, 15) is 4.79 Å².